The fraction of sp³-hybridized carbons (Fsp3) is 0.385. The third-order valence-corrected chi connectivity index (χ3v) is 2.66. The van der Waals surface area contributed by atoms with E-state index in [-0.39, 0.29) is 5.91 Å². The van der Waals surface area contributed by atoms with Gasteiger partial charge in [0.05, 0.1) is 0 Å². The maximum Gasteiger partial charge on any atom is 0.221 e. The lowest BCUT2D eigenvalue weighted by Gasteiger charge is -2.07. The molecule has 0 saturated carbocycles. The largest absolute Gasteiger partial charge is 0.389 e. The maximum atomic E-state index is 11.4. The number of hydrogen-bond acceptors (Lipinski definition) is 3. The molecule has 98 valence electrons. The molecule has 4 N–H and O–H groups in total. The van der Waals surface area contributed by atoms with E-state index < -0.39 is 0 Å². The Kier molecular flexibility index (Phi) is 6.14. The first kappa shape index (κ1) is 14.4. The lowest BCUT2D eigenvalue weighted by atomic mass is 10.2. The van der Waals surface area contributed by atoms with Crippen LogP contribution in [0.3, 0.4) is 0 Å². The summed E-state index contributed by atoms with van der Waals surface area (Å²) in [6.07, 6.45) is 1.43. The highest BCUT2D eigenvalue weighted by Crippen LogP contribution is 2.09. The second-order valence-electron chi connectivity index (χ2n) is 3.97. The van der Waals surface area contributed by atoms with E-state index in [9.17, 15) is 4.79 Å². The number of nitrogens with one attached hydrogen (secondary N) is 2. The summed E-state index contributed by atoms with van der Waals surface area (Å²) in [4.78, 5) is 11.7. The molecular weight excluding hydrogens is 246 g/mol. The SMILES string of the molecule is CCCNC(=O)CCNc1ccc(C(N)=S)cc1. The monoisotopic (exact) mass is 265 g/mol. The molecule has 0 heterocycles. The van der Waals surface area contributed by atoms with E-state index in [1.807, 2.05) is 31.2 Å². The number of carbonyl (C=O) groups is 1. The number of nitrogens with two attached hydrogens (primary N) is 1. The molecule has 1 rings (SSSR count). The Morgan fingerprint density at radius 2 is 1.94 bits per heavy atom. The molecule has 0 aliphatic rings. The minimum Gasteiger partial charge on any atom is -0.389 e. The summed E-state index contributed by atoms with van der Waals surface area (Å²) in [5, 5.41) is 6.00. The Morgan fingerprint density at radius 3 is 2.50 bits per heavy atom. The predicted molar refractivity (Wildman–Crippen MR) is 78.7 cm³/mol. The number of hydrogen-bond donors (Lipinski definition) is 3. The maximum absolute atomic E-state index is 11.4. The molecule has 5 heteroatoms. The van der Waals surface area contributed by atoms with Crippen LogP contribution < -0.4 is 16.4 Å². The summed E-state index contributed by atoms with van der Waals surface area (Å²) < 4.78 is 0. The van der Waals surface area contributed by atoms with Gasteiger partial charge in [-0.3, -0.25) is 4.79 Å². The Hall–Kier alpha value is -1.62. The van der Waals surface area contributed by atoms with Gasteiger partial charge in [0.1, 0.15) is 4.99 Å². The van der Waals surface area contributed by atoms with E-state index in [1.54, 1.807) is 0 Å². The summed E-state index contributed by atoms with van der Waals surface area (Å²) in [6, 6.07) is 7.53. The van der Waals surface area contributed by atoms with Crippen LogP contribution in [0.4, 0.5) is 5.69 Å². The van der Waals surface area contributed by atoms with E-state index >= 15 is 0 Å². The molecule has 0 radical (unpaired) electrons. The quantitative estimate of drug-likeness (QED) is 0.656. The molecule has 0 bridgehead atoms. The zero-order chi connectivity index (χ0) is 13.4. The second kappa shape index (κ2) is 7.66. The van der Waals surface area contributed by atoms with E-state index in [0.29, 0.717) is 18.0 Å². The fourth-order valence-corrected chi connectivity index (χ4v) is 1.56. The molecule has 1 aromatic rings. The van der Waals surface area contributed by atoms with Crippen molar-refractivity contribution in [2.75, 3.05) is 18.4 Å². The highest BCUT2D eigenvalue weighted by atomic mass is 32.1. The first-order valence-corrected chi connectivity index (χ1v) is 6.44. The van der Waals surface area contributed by atoms with Crippen LogP contribution >= 0.6 is 12.2 Å². The third-order valence-electron chi connectivity index (χ3n) is 2.42. The molecule has 0 aromatic heterocycles. The number of amides is 1. The van der Waals surface area contributed by atoms with Gasteiger partial charge in [0.2, 0.25) is 5.91 Å². The second-order valence-corrected chi connectivity index (χ2v) is 4.41. The van der Waals surface area contributed by atoms with Crippen molar-refractivity contribution in [2.45, 2.75) is 19.8 Å². The molecule has 1 aromatic carbocycles. The molecule has 0 aliphatic heterocycles. The van der Waals surface area contributed by atoms with Crippen LogP contribution in [0.25, 0.3) is 0 Å². The highest BCUT2D eigenvalue weighted by molar-refractivity contribution is 7.80. The molecule has 0 fully saturated rings. The predicted octanol–water partition coefficient (Wildman–Crippen LogP) is 1.65. The first-order valence-electron chi connectivity index (χ1n) is 6.04. The molecule has 18 heavy (non-hydrogen) atoms. The van der Waals surface area contributed by atoms with Crippen LogP contribution in [0, 0.1) is 0 Å². The first-order chi connectivity index (χ1) is 8.63. The van der Waals surface area contributed by atoms with Crippen LogP contribution in [0.15, 0.2) is 24.3 Å². The van der Waals surface area contributed by atoms with Crippen LogP contribution in [0.1, 0.15) is 25.3 Å². The van der Waals surface area contributed by atoms with Gasteiger partial charge >= 0.3 is 0 Å². The van der Waals surface area contributed by atoms with Gasteiger partial charge in [-0.2, -0.15) is 0 Å². The standard InChI is InChI=1S/C13H19N3OS/c1-2-8-16-12(17)7-9-15-11-5-3-10(4-6-11)13(14)18/h3-6,15H,2,7-9H2,1H3,(H2,14,18)(H,16,17). The van der Waals surface area contributed by atoms with Crippen LogP contribution in [0.5, 0.6) is 0 Å². The zero-order valence-corrected chi connectivity index (χ0v) is 11.3. The average molecular weight is 265 g/mol. The summed E-state index contributed by atoms with van der Waals surface area (Å²) in [7, 11) is 0. The van der Waals surface area contributed by atoms with Gasteiger partial charge in [0, 0.05) is 30.8 Å². The van der Waals surface area contributed by atoms with Crippen molar-refractivity contribution in [3.05, 3.63) is 29.8 Å². The Balaban J connectivity index is 2.31. The number of anilines is 1. The zero-order valence-electron chi connectivity index (χ0n) is 10.5. The van der Waals surface area contributed by atoms with Gasteiger partial charge in [-0.15, -0.1) is 0 Å². The topological polar surface area (TPSA) is 67.2 Å². The molecule has 0 atom stereocenters. The minimum absolute atomic E-state index is 0.0732. The Morgan fingerprint density at radius 1 is 1.28 bits per heavy atom. The number of carbonyl (C=O) groups excluding carboxylic acids is 1. The van der Waals surface area contributed by atoms with Gasteiger partial charge in [0.15, 0.2) is 0 Å². The molecule has 0 spiro atoms. The van der Waals surface area contributed by atoms with Crippen molar-refractivity contribution in [1.29, 1.82) is 0 Å². The normalized spacial score (nSPS) is 9.83. The van der Waals surface area contributed by atoms with E-state index in [2.05, 4.69) is 10.6 Å². The van der Waals surface area contributed by atoms with E-state index in [1.165, 1.54) is 0 Å². The molecule has 0 aliphatic carbocycles. The van der Waals surface area contributed by atoms with Crippen molar-refractivity contribution in [1.82, 2.24) is 5.32 Å². The summed E-state index contributed by atoms with van der Waals surface area (Å²) >= 11 is 4.87. The van der Waals surface area contributed by atoms with Crippen molar-refractivity contribution < 1.29 is 4.79 Å². The molecule has 0 unspecified atom stereocenters. The number of thiocarbonyl (C=S) groups is 1. The van der Waals surface area contributed by atoms with Gasteiger partial charge < -0.3 is 16.4 Å². The average Bonchev–Trinajstić information content (AvgIpc) is 2.37. The van der Waals surface area contributed by atoms with Gasteiger partial charge in [0.25, 0.3) is 0 Å². The molecule has 0 saturated heterocycles. The Bertz CT molecular complexity index is 403. The van der Waals surface area contributed by atoms with Gasteiger partial charge in [-0.1, -0.05) is 19.1 Å². The van der Waals surface area contributed by atoms with Crippen molar-refractivity contribution >= 4 is 28.8 Å². The summed E-state index contributed by atoms with van der Waals surface area (Å²) in [5.41, 5.74) is 7.31. The van der Waals surface area contributed by atoms with Crippen molar-refractivity contribution in [3.8, 4) is 0 Å². The Labute approximate surface area is 113 Å². The van der Waals surface area contributed by atoms with Crippen LogP contribution in [-0.4, -0.2) is 24.0 Å². The van der Waals surface area contributed by atoms with E-state index in [4.69, 9.17) is 18.0 Å². The smallest absolute Gasteiger partial charge is 0.221 e. The van der Waals surface area contributed by atoms with Gasteiger partial charge in [-0.05, 0) is 30.7 Å². The lowest BCUT2D eigenvalue weighted by molar-refractivity contribution is -0.120. The third kappa shape index (κ3) is 5.14. The van der Waals surface area contributed by atoms with E-state index in [0.717, 1.165) is 24.2 Å². The lowest BCUT2D eigenvalue weighted by Crippen LogP contribution is -2.25. The number of rotatable bonds is 7. The van der Waals surface area contributed by atoms with Gasteiger partial charge in [-0.25, -0.2) is 0 Å². The minimum atomic E-state index is 0.0732. The van der Waals surface area contributed by atoms with Crippen molar-refractivity contribution in [2.24, 2.45) is 5.73 Å². The summed E-state index contributed by atoms with van der Waals surface area (Å²) in [5.74, 6) is 0.0732. The summed E-state index contributed by atoms with van der Waals surface area (Å²) in [6.45, 7) is 3.38. The van der Waals surface area contributed by atoms with Crippen molar-refractivity contribution in [3.63, 3.8) is 0 Å². The van der Waals surface area contributed by atoms with Crippen LogP contribution in [-0.2, 0) is 4.79 Å². The fourth-order valence-electron chi connectivity index (χ4n) is 1.43. The molecule has 4 nitrogen and oxygen atoms in total. The highest BCUT2D eigenvalue weighted by Gasteiger charge is 2.00. The molecular formula is C13H19N3OS. The van der Waals surface area contributed by atoms with Crippen LogP contribution in [0.2, 0.25) is 0 Å². The number of benzene rings is 1. The molecule has 1 amide bonds.